The molecule has 1 aliphatic rings. The van der Waals surface area contributed by atoms with Gasteiger partial charge >= 0.3 is 0 Å². The Morgan fingerprint density at radius 3 is 2.46 bits per heavy atom. The predicted octanol–water partition coefficient (Wildman–Crippen LogP) is 4.77. The second kappa shape index (κ2) is 8.33. The molecule has 0 saturated heterocycles. The van der Waals surface area contributed by atoms with Crippen LogP contribution in [0.2, 0.25) is 0 Å². The third kappa shape index (κ3) is 4.37. The fourth-order valence-corrected chi connectivity index (χ4v) is 3.49. The van der Waals surface area contributed by atoms with E-state index in [9.17, 15) is 10.0 Å². The van der Waals surface area contributed by atoms with Crippen molar-refractivity contribution in [1.29, 1.82) is 0 Å². The molecule has 0 saturated carbocycles. The van der Waals surface area contributed by atoms with Crippen molar-refractivity contribution in [3.63, 3.8) is 0 Å². The summed E-state index contributed by atoms with van der Waals surface area (Å²) in [6.45, 7) is 8.36. The molecule has 2 aromatic carbocycles. The highest BCUT2D eigenvalue weighted by Gasteiger charge is 2.31. The minimum atomic E-state index is -0.452. The van der Waals surface area contributed by atoms with Crippen LogP contribution >= 0.6 is 0 Å². The van der Waals surface area contributed by atoms with Crippen LogP contribution in [0.15, 0.2) is 48.5 Å². The number of carbonyl (C=O) groups excluding carboxylic acids is 1. The van der Waals surface area contributed by atoms with Crippen LogP contribution in [0.4, 0.5) is 5.69 Å². The molecule has 2 aromatic rings. The molecule has 5 heteroatoms. The monoisotopic (exact) mass is 382 g/mol. The molecule has 0 radical (unpaired) electrons. The average molecular weight is 383 g/mol. The predicted molar refractivity (Wildman–Crippen MR) is 110 cm³/mol. The van der Waals surface area contributed by atoms with Crippen molar-refractivity contribution in [2.75, 3.05) is 4.90 Å². The summed E-state index contributed by atoms with van der Waals surface area (Å²) in [5, 5.41) is 11.8. The van der Waals surface area contributed by atoms with Crippen molar-refractivity contribution < 1.29 is 14.7 Å². The maximum Gasteiger partial charge on any atom is 0.227 e. The lowest BCUT2D eigenvalue weighted by Gasteiger charge is -2.37. The molecule has 1 aliphatic heterocycles. The minimum absolute atomic E-state index is 0.124. The van der Waals surface area contributed by atoms with E-state index in [0.29, 0.717) is 25.8 Å². The summed E-state index contributed by atoms with van der Waals surface area (Å²) >= 11 is 0. The largest absolute Gasteiger partial charge is 0.473 e. The summed E-state index contributed by atoms with van der Waals surface area (Å²) in [6, 6.07) is 15.8. The second-order valence-corrected chi connectivity index (χ2v) is 8.22. The summed E-state index contributed by atoms with van der Waals surface area (Å²) in [4.78, 5) is 14.5. The van der Waals surface area contributed by atoms with E-state index in [1.54, 1.807) is 0 Å². The molecular formula is C23H30N2O3. The second-order valence-electron chi connectivity index (χ2n) is 8.22. The highest BCUT2D eigenvalue weighted by molar-refractivity contribution is 5.96. The number of fused-ring (bicyclic) bond motifs is 1. The van der Waals surface area contributed by atoms with Crippen LogP contribution < -0.4 is 9.64 Å². The average Bonchev–Trinajstić information content (AvgIpc) is 2.68. The molecular weight excluding hydrogens is 352 g/mol. The van der Waals surface area contributed by atoms with Crippen molar-refractivity contribution in [3.8, 4) is 5.75 Å². The van der Waals surface area contributed by atoms with E-state index in [4.69, 9.17) is 4.74 Å². The Kier molecular flexibility index (Phi) is 6.06. The van der Waals surface area contributed by atoms with Crippen LogP contribution in [0.5, 0.6) is 5.75 Å². The zero-order valence-electron chi connectivity index (χ0n) is 17.2. The third-order valence-electron chi connectivity index (χ3n) is 5.04. The van der Waals surface area contributed by atoms with Gasteiger partial charge in [-0.3, -0.25) is 4.79 Å². The molecule has 150 valence electrons. The van der Waals surface area contributed by atoms with Gasteiger partial charge in [0.05, 0.1) is 12.2 Å². The van der Waals surface area contributed by atoms with Crippen molar-refractivity contribution in [3.05, 3.63) is 59.7 Å². The first-order chi connectivity index (χ1) is 13.3. The highest BCUT2D eigenvalue weighted by atomic mass is 16.6. The Bertz CT molecular complexity index is 814. The number of amides is 1. The minimum Gasteiger partial charge on any atom is -0.473 e. The molecule has 0 aliphatic carbocycles. The molecule has 0 spiro atoms. The van der Waals surface area contributed by atoms with Gasteiger partial charge in [-0.2, -0.15) is 0 Å². The Hall–Kier alpha value is -2.37. The van der Waals surface area contributed by atoms with E-state index in [1.807, 2.05) is 81.1 Å². The standard InChI is InChI=1S/C23H30N2O3/c1-5-22(25(27)23(2,3)4)28-20-13-9-12-19-18(20)14-15-21(26)24(19)16-17-10-7-6-8-11-17/h6-13,22,27H,5,14-16H2,1-4H3. The lowest BCUT2D eigenvalue weighted by molar-refractivity contribution is -0.235. The van der Waals surface area contributed by atoms with E-state index in [1.165, 1.54) is 5.06 Å². The number of carbonyl (C=O) groups is 1. The lowest BCUT2D eigenvalue weighted by Crippen LogP contribution is -2.48. The number of ether oxygens (including phenoxy) is 1. The molecule has 0 fully saturated rings. The number of rotatable bonds is 6. The quantitative estimate of drug-likeness (QED) is 0.577. The number of nitrogens with zero attached hydrogens (tertiary/aromatic N) is 2. The molecule has 1 atom stereocenters. The maximum absolute atomic E-state index is 12.6. The molecule has 5 nitrogen and oxygen atoms in total. The van der Waals surface area contributed by atoms with Gasteiger partial charge in [0.15, 0.2) is 6.23 Å². The lowest BCUT2D eigenvalue weighted by atomic mass is 9.99. The Labute approximate surface area is 167 Å². The van der Waals surface area contributed by atoms with Gasteiger partial charge in [-0.05, 0) is 51.3 Å². The van der Waals surface area contributed by atoms with Crippen molar-refractivity contribution in [1.82, 2.24) is 5.06 Å². The number of hydroxylamine groups is 2. The van der Waals surface area contributed by atoms with Gasteiger partial charge in [0.25, 0.3) is 0 Å². The van der Waals surface area contributed by atoms with Crippen LogP contribution in [-0.2, 0) is 17.8 Å². The zero-order chi connectivity index (χ0) is 20.3. The van der Waals surface area contributed by atoms with E-state index in [2.05, 4.69) is 0 Å². The van der Waals surface area contributed by atoms with Crippen LogP contribution in [0.1, 0.15) is 51.7 Å². The molecule has 28 heavy (non-hydrogen) atoms. The molecule has 1 amide bonds. The van der Waals surface area contributed by atoms with Gasteiger partial charge in [-0.1, -0.05) is 43.3 Å². The summed E-state index contributed by atoms with van der Waals surface area (Å²) in [6.07, 6.45) is 1.29. The van der Waals surface area contributed by atoms with Crippen LogP contribution in [0, 0.1) is 0 Å². The first kappa shape index (κ1) is 20.4. The van der Waals surface area contributed by atoms with Crippen LogP contribution in [-0.4, -0.2) is 27.9 Å². The number of hydrogen-bond donors (Lipinski definition) is 1. The first-order valence-electron chi connectivity index (χ1n) is 9.92. The smallest absolute Gasteiger partial charge is 0.227 e. The molecule has 0 aromatic heterocycles. The molecule has 0 bridgehead atoms. The summed E-state index contributed by atoms with van der Waals surface area (Å²) in [5.74, 6) is 0.859. The van der Waals surface area contributed by atoms with Crippen molar-refractivity contribution in [2.45, 2.75) is 65.3 Å². The van der Waals surface area contributed by atoms with E-state index < -0.39 is 11.8 Å². The van der Waals surface area contributed by atoms with Crippen LogP contribution in [0.3, 0.4) is 0 Å². The van der Waals surface area contributed by atoms with Gasteiger partial charge in [0.2, 0.25) is 5.91 Å². The maximum atomic E-state index is 12.6. The molecule has 1 heterocycles. The molecule has 1 unspecified atom stereocenters. The van der Waals surface area contributed by atoms with E-state index in [0.717, 1.165) is 22.6 Å². The Balaban J connectivity index is 1.89. The highest BCUT2D eigenvalue weighted by Crippen LogP contribution is 2.36. The summed E-state index contributed by atoms with van der Waals surface area (Å²) in [7, 11) is 0. The van der Waals surface area contributed by atoms with Crippen molar-refractivity contribution in [2.24, 2.45) is 0 Å². The topological polar surface area (TPSA) is 53.0 Å². The van der Waals surface area contributed by atoms with Gasteiger partial charge in [-0.25, -0.2) is 0 Å². The first-order valence-corrected chi connectivity index (χ1v) is 9.92. The number of benzene rings is 2. The molecule has 3 rings (SSSR count). The SMILES string of the molecule is CCC(Oc1cccc2c1CCC(=O)N2Cc1ccccc1)N(O)C(C)(C)C. The van der Waals surface area contributed by atoms with Gasteiger partial charge in [0.1, 0.15) is 5.75 Å². The number of anilines is 1. The van der Waals surface area contributed by atoms with Gasteiger partial charge in [0, 0.05) is 17.5 Å². The van der Waals surface area contributed by atoms with Crippen LogP contribution in [0.25, 0.3) is 0 Å². The number of hydrogen-bond acceptors (Lipinski definition) is 4. The van der Waals surface area contributed by atoms with Gasteiger partial charge in [-0.15, -0.1) is 5.06 Å². The molecule has 1 N–H and O–H groups in total. The summed E-state index contributed by atoms with van der Waals surface area (Å²) < 4.78 is 6.22. The Morgan fingerprint density at radius 2 is 1.82 bits per heavy atom. The fourth-order valence-electron chi connectivity index (χ4n) is 3.49. The normalized spacial score (nSPS) is 15.5. The van der Waals surface area contributed by atoms with Gasteiger partial charge < -0.3 is 14.8 Å². The zero-order valence-corrected chi connectivity index (χ0v) is 17.2. The van der Waals surface area contributed by atoms with E-state index in [-0.39, 0.29) is 5.91 Å². The van der Waals surface area contributed by atoms with E-state index >= 15 is 0 Å². The Morgan fingerprint density at radius 1 is 1.11 bits per heavy atom. The fraction of sp³-hybridized carbons (Fsp3) is 0.435. The summed E-state index contributed by atoms with van der Waals surface area (Å²) in [5.41, 5.74) is 2.59. The van der Waals surface area contributed by atoms with Crippen molar-refractivity contribution >= 4 is 11.6 Å². The third-order valence-corrected chi connectivity index (χ3v) is 5.04.